The minimum atomic E-state index is -0.0520. The fraction of sp³-hybridized carbons (Fsp3) is 0.304. The van der Waals surface area contributed by atoms with E-state index in [1.165, 1.54) is 17.3 Å². The van der Waals surface area contributed by atoms with Crippen molar-refractivity contribution in [3.05, 3.63) is 70.1 Å². The number of ether oxygens (including phenoxy) is 2. The summed E-state index contributed by atoms with van der Waals surface area (Å²) in [4.78, 5) is 15.2. The molecule has 2 fully saturated rings. The molecule has 0 aromatic heterocycles. The zero-order chi connectivity index (χ0) is 20.2. The molecule has 0 unspecified atom stereocenters. The summed E-state index contributed by atoms with van der Waals surface area (Å²) in [6, 6.07) is 16.0. The molecule has 2 aliphatic heterocycles. The van der Waals surface area contributed by atoms with Gasteiger partial charge in [-0.3, -0.25) is 9.69 Å². The maximum absolute atomic E-state index is 12.9. The lowest BCUT2D eigenvalue weighted by molar-refractivity contribution is -0.123. The van der Waals surface area contributed by atoms with Gasteiger partial charge in [0.1, 0.15) is 16.7 Å². The minimum Gasteiger partial charge on any atom is -0.488 e. The van der Waals surface area contributed by atoms with E-state index in [0.29, 0.717) is 22.4 Å². The van der Waals surface area contributed by atoms with Crippen LogP contribution in [0.3, 0.4) is 0 Å². The highest BCUT2D eigenvalue weighted by atomic mass is 32.2. The van der Waals surface area contributed by atoms with Gasteiger partial charge < -0.3 is 9.47 Å². The van der Waals surface area contributed by atoms with Crippen LogP contribution in [0.2, 0.25) is 0 Å². The number of aryl methyl sites for hydroxylation is 1. The van der Waals surface area contributed by atoms with Crippen molar-refractivity contribution in [1.29, 1.82) is 0 Å². The monoisotopic (exact) mass is 425 g/mol. The molecule has 2 aromatic rings. The first kappa shape index (κ1) is 20.1. The van der Waals surface area contributed by atoms with Crippen molar-refractivity contribution >= 4 is 40.3 Å². The normalized spacial score (nSPS) is 20.7. The zero-order valence-electron chi connectivity index (χ0n) is 16.3. The summed E-state index contributed by atoms with van der Waals surface area (Å²) in [5.74, 6) is 0.696. The Bertz CT molecular complexity index is 933. The first-order chi connectivity index (χ1) is 14.1. The van der Waals surface area contributed by atoms with Crippen molar-refractivity contribution in [3.63, 3.8) is 0 Å². The molecule has 4 rings (SSSR count). The highest BCUT2D eigenvalue weighted by Gasteiger charge is 2.34. The molecular weight excluding hydrogens is 402 g/mol. The standard InChI is InChI=1S/C23H23NO3S2/c1-16-8-10-17(11-9-16)15-27-20-7-3-2-5-18(20)13-21-22(25)24(23(28)29-21)14-19-6-4-12-26-19/h2-3,5,7-11,13,19H,4,6,12,14-15H2,1H3/b21-13-/t19-/m1/s1. The molecule has 1 amide bonds. The van der Waals surface area contributed by atoms with E-state index in [4.69, 9.17) is 21.7 Å². The topological polar surface area (TPSA) is 38.8 Å². The third-order valence-corrected chi connectivity index (χ3v) is 6.38. The van der Waals surface area contributed by atoms with Crippen molar-refractivity contribution in [2.75, 3.05) is 13.2 Å². The molecule has 4 nitrogen and oxygen atoms in total. The van der Waals surface area contributed by atoms with Gasteiger partial charge in [0, 0.05) is 12.2 Å². The van der Waals surface area contributed by atoms with Crippen LogP contribution in [0.1, 0.15) is 29.5 Å². The van der Waals surface area contributed by atoms with E-state index < -0.39 is 0 Å². The predicted molar refractivity (Wildman–Crippen MR) is 121 cm³/mol. The lowest BCUT2D eigenvalue weighted by Crippen LogP contribution is -2.35. The Hall–Kier alpha value is -2.15. The van der Waals surface area contributed by atoms with E-state index in [1.54, 1.807) is 4.90 Å². The summed E-state index contributed by atoms with van der Waals surface area (Å²) in [5, 5.41) is 0. The van der Waals surface area contributed by atoms with Crippen LogP contribution in [0, 0.1) is 6.92 Å². The number of para-hydroxylation sites is 1. The van der Waals surface area contributed by atoms with Gasteiger partial charge in [0.15, 0.2) is 0 Å². The SMILES string of the molecule is Cc1ccc(COc2ccccc2/C=C2\SC(=S)N(C[C@H]3CCCO3)C2=O)cc1. The van der Waals surface area contributed by atoms with Crippen LogP contribution < -0.4 is 4.74 Å². The van der Waals surface area contributed by atoms with Crippen molar-refractivity contribution in [2.24, 2.45) is 0 Å². The van der Waals surface area contributed by atoms with Gasteiger partial charge in [0.05, 0.1) is 17.6 Å². The average molecular weight is 426 g/mol. The Morgan fingerprint density at radius 3 is 2.79 bits per heavy atom. The van der Waals surface area contributed by atoms with Crippen molar-refractivity contribution < 1.29 is 14.3 Å². The quantitative estimate of drug-likeness (QED) is 0.483. The van der Waals surface area contributed by atoms with Crippen LogP contribution in [-0.2, 0) is 16.1 Å². The molecule has 0 aliphatic carbocycles. The molecule has 2 aliphatic rings. The van der Waals surface area contributed by atoms with E-state index in [0.717, 1.165) is 36.3 Å². The molecule has 2 heterocycles. The van der Waals surface area contributed by atoms with Crippen LogP contribution in [0.4, 0.5) is 0 Å². The van der Waals surface area contributed by atoms with Crippen LogP contribution in [-0.4, -0.2) is 34.4 Å². The number of hydrogen-bond acceptors (Lipinski definition) is 5. The molecule has 6 heteroatoms. The summed E-state index contributed by atoms with van der Waals surface area (Å²) >= 11 is 6.79. The second-order valence-corrected chi connectivity index (χ2v) is 8.92. The number of rotatable bonds is 6. The van der Waals surface area contributed by atoms with Gasteiger partial charge in [0.25, 0.3) is 5.91 Å². The van der Waals surface area contributed by atoms with E-state index in [1.807, 2.05) is 30.3 Å². The summed E-state index contributed by atoms with van der Waals surface area (Å²) in [6.45, 7) is 3.84. The third-order valence-electron chi connectivity index (χ3n) is 5.00. The summed E-state index contributed by atoms with van der Waals surface area (Å²) in [7, 11) is 0. The van der Waals surface area contributed by atoms with Crippen molar-refractivity contribution in [3.8, 4) is 5.75 Å². The van der Waals surface area contributed by atoms with Crippen molar-refractivity contribution in [2.45, 2.75) is 32.5 Å². The number of thioether (sulfide) groups is 1. The molecule has 0 N–H and O–H groups in total. The molecule has 2 saturated heterocycles. The number of amides is 1. The largest absolute Gasteiger partial charge is 0.488 e. The van der Waals surface area contributed by atoms with Gasteiger partial charge >= 0.3 is 0 Å². The molecular formula is C23H23NO3S2. The predicted octanol–water partition coefficient (Wildman–Crippen LogP) is 4.95. The lowest BCUT2D eigenvalue weighted by Gasteiger charge is -2.18. The Kier molecular flexibility index (Phi) is 6.33. The molecule has 0 saturated carbocycles. The summed E-state index contributed by atoms with van der Waals surface area (Å²) < 4.78 is 12.3. The van der Waals surface area contributed by atoms with E-state index in [9.17, 15) is 4.79 Å². The van der Waals surface area contributed by atoms with Gasteiger partial charge in [-0.15, -0.1) is 0 Å². The molecule has 2 aromatic carbocycles. The fourth-order valence-electron chi connectivity index (χ4n) is 3.37. The Balaban J connectivity index is 1.48. The van der Waals surface area contributed by atoms with E-state index in [-0.39, 0.29) is 12.0 Å². The Morgan fingerprint density at radius 2 is 2.03 bits per heavy atom. The first-order valence-electron chi connectivity index (χ1n) is 9.74. The molecule has 0 radical (unpaired) electrons. The van der Waals surface area contributed by atoms with Crippen LogP contribution in [0.15, 0.2) is 53.4 Å². The summed E-state index contributed by atoms with van der Waals surface area (Å²) in [5.41, 5.74) is 3.20. The highest BCUT2D eigenvalue weighted by Crippen LogP contribution is 2.35. The third kappa shape index (κ3) is 4.89. The number of benzene rings is 2. The second kappa shape index (κ2) is 9.11. The van der Waals surface area contributed by atoms with Gasteiger partial charge in [-0.05, 0) is 37.5 Å². The first-order valence-corrected chi connectivity index (χ1v) is 11.0. The Labute approximate surface area is 180 Å². The number of nitrogens with zero attached hydrogens (tertiary/aromatic N) is 1. The smallest absolute Gasteiger partial charge is 0.266 e. The second-order valence-electron chi connectivity index (χ2n) is 7.24. The van der Waals surface area contributed by atoms with Crippen LogP contribution in [0.5, 0.6) is 5.75 Å². The fourth-order valence-corrected chi connectivity index (χ4v) is 4.63. The molecule has 150 valence electrons. The number of carbonyl (C=O) groups excluding carboxylic acids is 1. The lowest BCUT2D eigenvalue weighted by atomic mass is 10.1. The van der Waals surface area contributed by atoms with Gasteiger partial charge in [0.2, 0.25) is 0 Å². The highest BCUT2D eigenvalue weighted by molar-refractivity contribution is 8.26. The minimum absolute atomic E-state index is 0.0520. The number of carbonyl (C=O) groups is 1. The van der Waals surface area contributed by atoms with Crippen molar-refractivity contribution in [1.82, 2.24) is 4.90 Å². The van der Waals surface area contributed by atoms with Crippen LogP contribution >= 0.6 is 24.0 Å². The maximum Gasteiger partial charge on any atom is 0.266 e. The zero-order valence-corrected chi connectivity index (χ0v) is 17.9. The number of hydrogen-bond donors (Lipinski definition) is 0. The van der Waals surface area contributed by atoms with E-state index in [2.05, 4.69) is 31.2 Å². The Morgan fingerprint density at radius 1 is 1.24 bits per heavy atom. The summed E-state index contributed by atoms with van der Waals surface area (Å²) in [6.07, 6.45) is 3.98. The molecule has 29 heavy (non-hydrogen) atoms. The van der Waals surface area contributed by atoms with Gasteiger partial charge in [-0.1, -0.05) is 72.0 Å². The van der Waals surface area contributed by atoms with E-state index >= 15 is 0 Å². The van der Waals surface area contributed by atoms with Gasteiger partial charge in [-0.25, -0.2) is 0 Å². The van der Waals surface area contributed by atoms with Crippen LogP contribution in [0.25, 0.3) is 6.08 Å². The molecule has 0 spiro atoms. The average Bonchev–Trinajstić information content (AvgIpc) is 3.33. The molecule has 0 bridgehead atoms. The molecule has 1 atom stereocenters. The van der Waals surface area contributed by atoms with Gasteiger partial charge in [-0.2, -0.15) is 0 Å². The number of thiocarbonyl (C=S) groups is 1. The maximum atomic E-state index is 12.9.